The smallest absolute Gasteiger partial charge is 0.341 e. The van der Waals surface area contributed by atoms with Crippen LogP contribution in [0.2, 0.25) is 0 Å². The van der Waals surface area contributed by atoms with Crippen molar-refractivity contribution in [2.24, 2.45) is 17.6 Å². The number of aliphatic hydroxyl groups is 3. The summed E-state index contributed by atoms with van der Waals surface area (Å²) in [4.78, 5) is 49.1. The molecule has 1 aromatic carbocycles. The van der Waals surface area contributed by atoms with Crippen LogP contribution in [0.15, 0.2) is 29.0 Å². The van der Waals surface area contributed by atoms with Gasteiger partial charge in [0.05, 0.1) is 12.7 Å². The quantitative estimate of drug-likeness (QED) is 0.324. The van der Waals surface area contributed by atoms with E-state index in [4.69, 9.17) is 5.73 Å². The van der Waals surface area contributed by atoms with Crippen LogP contribution in [0, 0.1) is 11.8 Å². The first-order chi connectivity index (χ1) is 14.5. The first-order valence-electron chi connectivity index (χ1n) is 9.44. The largest absolute Gasteiger partial charge is 0.508 e. The fourth-order valence-electron chi connectivity index (χ4n) is 4.87. The molecule has 0 radical (unpaired) electrons. The summed E-state index contributed by atoms with van der Waals surface area (Å²) in [5.41, 5.74) is 1.46. The number of phenols is 1. The van der Waals surface area contributed by atoms with Gasteiger partial charge in [-0.25, -0.2) is 4.79 Å². The second-order valence-corrected chi connectivity index (χ2v) is 7.89. The Morgan fingerprint density at radius 3 is 2.45 bits per heavy atom. The maximum absolute atomic E-state index is 13.3. The second kappa shape index (κ2) is 6.67. The van der Waals surface area contributed by atoms with Crippen LogP contribution in [0.3, 0.4) is 0 Å². The molecule has 0 aromatic heterocycles. The molecule has 4 rings (SSSR count). The van der Waals surface area contributed by atoms with Gasteiger partial charge in [0.1, 0.15) is 28.4 Å². The highest BCUT2D eigenvalue weighted by Crippen LogP contribution is 2.52. The van der Waals surface area contributed by atoms with Gasteiger partial charge in [-0.15, -0.1) is 0 Å². The van der Waals surface area contributed by atoms with Gasteiger partial charge >= 0.3 is 5.97 Å². The molecule has 10 nitrogen and oxygen atoms in total. The summed E-state index contributed by atoms with van der Waals surface area (Å²) < 4.78 is 4.60. The van der Waals surface area contributed by atoms with Gasteiger partial charge in [0.25, 0.3) is 5.91 Å². The molecule has 1 amide bonds. The van der Waals surface area contributed by atoms with E-state index in [-0.39, 0.29) is 36.0 Å². The van der Waals surface area contributed by atoms with Crippen LogP contribution >= 0.6 is 0 Å². The van der Waals surface area contributed by atoms with Crippen molar-refractivity contribution in [2.45, 2.75) is 24.9 Å². The van der Waals surface area contributed by atoms with Crippen LogP contribution in [0.1, 0.15) is 34.3 Å². The van der Waals surface area contributed by atoms with Gasteiger partial charge in [-0.1, -0.05) is 6.07 Å². The minimum absolute atomic E-state index is 0.0441. The normalized spacial score (nSPS) is 27.4. The number of hydrogen-bond acceptors (Lipinski definition) is 9. The van der Waals surface area contributed by atoms with Crippen molar-refractivity contribution < 1.29 is 44.3 Å². The lowest BCUT2D eigenvalue weighted by atomic mass is 9.59. The average molecular weight is 429 g/mol. The first-order valence-corrected chi connectivity index (χ1v) is 9.44. The van der Waals surface area contributed by atoms with Crippen molar-refractivity contribution >= 4 is 29.2 Å². The monoisotopic (exact) mass is 429 g/mol. The highest BCUT2D eigenvalue weighted by atomic mass is 16.5. The standard InChI is InChI=1S/C21H19NO9/c1-31-20(29)10-3-2-7-4-8-5-9-6-11(23)14(19(22)28)18(27)21(9,30)17(26)13(8)16(25)12(7)15(10)24/h2-3,8-9,24-25,27,30H,4-6H2,1H3,(H2,22,28). The van der Waals surface area contributed by atoms with Crippen molar-refractivity contribution in [1.82, 2.24) is 0 Å². The number of aliphatic hydroxyl groups excluding tert-OH is 2. The van der Waals surface area contributed by atoms with Crippen molar-refractivity contribution in [1.29, 1.82) is 0 Å². The van der Waals surface area contributed by atoms with Crippen LogP contribution in [0.4, 0.5) is 0 Å². The number of carbonyl (C=O) groups excluding carboxylic acids is 4. The first kappa shape index (κ1) is 20.6. The minimum Gasteiger partial charge on any atom is -0.508 e. The number of ketones is 2. The number of rotatable bonds is 2. The van der Waals surface area contributed by atoms with E-state index < -0.39 is 63.7 Å². The molecule has 0 spiro atoms. The number of hydrogen-bond donors (Lipinski definition) is 5. The highest BCUT2D eigenvalue weighted by Gasteiger charge is 2.60. The fourth-order valence-corrected chi connectivity index (χ4v) is 4.87. The lowest BCUT2D eigenvalue weighted by Gasteiger charge is -2.46. The number of phenolic OH excluding ortho intramolecular Hbond substituents is 1. The maximum atomic E-state index is 13.3. The van der Waals surface area contributed by atoms with Gasteiger partial charge in [0.15, 0.2) is 11.4 Å². The van der Waals surface area contributed by atoms with Crippen LogP contribution in [-0.4, -0.2) is 56.6 Å². The molecule has 0 aliphatic heterocycles. The predicted molar refractivity (Wildman–Crippen MR) is 103 cm³/mol. The van der Waals surface area contributed by atoms with E-state index in [0.29, 0.717) is 5.56 Å². The fraction of sp³-hybridized carbons (Fsp3) is 0.333. The lowest BCUT2D eigenvalue weighted by molar-refractivity contribution is -0.147. The summed E-state index contributed by atoms with van der Waals surface area (Å²) in [5.74, 6) is -8.04. The third kappa shape index (κ3) is 2.61. The molecule has 3 aliphatic carbocycles. The molecule has 3 atom stereocenters. The van der Waals surface area contributed by atoms with Gasteiger partial charge < -0.3 is 30.9 Å². The highest BCUT2D eigenvalue weighted by molar-refractivity contribution is 6.22. The Hall–Kier alpha value is -3.66. The number of esters is 1. The third-order valence-corrected chi connectivity index (χ3v) is 6.34. The van der Waals surface area contributed by atoms with Gasteiger partial charge in [-0.3, -0.25) is 14.4 Å². The van der Waals surface area contributed by atoms with Gasteiger partial charge in [-0.2, -0.15) is 0 Å². The van der Waals surface area contributed by atoms with Crippen LogP contribution in [-0.2, 0) is 25.5 Å². The van der Waals surface area contributed by atoms with E-state index in [2.05, 4.69) is 4.74 Å². The molecule has 6 N–H and O–H groups in total. The second-order valence-electron chi connectivity index (χ2n) is 7.89. The lowest BCUT2D eigenvalue weighted by Crippen LogP contribution is -2.58. The maximum Gasteiger partial charge on any atom is 0.341 e. The molecule has 3 unspecified atom stereocenters. The number of primary amides is 1. The Morgan fingerprint density at radius 2 is 1.84 bits per heavy atom. The van der Waals surface area contributed by atoms with Gasteiger partial charge in [-0.05, 0) is 30.4 Å². The number of amides is 1. The summed E-state index contributed by atoms with van der Waals surface area (Å²) in [6, 6.07) is 2.84. The average Bonchev–Trinajstić information content (AvgIpc) is 2.70. The molecule has 3 aliphatic rings. The molecule has 1 fully saturated rings. The molecule has 31 heavy (non-hydrogen) atoms. The van der Waals surface area contributed by atoms with Gasteiger partial charge in [0, 0.05) is 17.9 Å². The molecule has 0 heterocycles. The Labute approximate surface area is 175 Å². The van der Waals surface area contributed by atoms with E-state index >= 15 is 0 Å². The number of methoxy groups -OCH3 is 1. The number of ether oxygens (including phenoxy) is 1. The number of fused-ring (bicyclic) bond motifs is 3. The number of benzene rings is 1. The third-order valence-electron chi connectivity index (χ3n) is 6.34. The zero-order valence-electron chi connectivity index (χ0n) is 16.3. The summed E-state index contributed by atoms with van der Waals surface area (Å²) in [6.45, 7) is 0. The van der Waals surface area contributed by atoms with E-state index in [1.54, 1.807) is 0 Å². The Bertz CT molecular complexity index is 1150. The number of aromatic hydroxyl groups is 1. The summed E-state index contributed by atoms with van der Waals surface area (Å²) >= 11 is 0. The van der Waals surface area contributed by atoms with Crippen molar-refractivity contribution in [3.8, 4) is 5.75 Å². The Balaban J connectivity index is 1.92. The molecule has 10 heteroatoms. The summed E-state index contributed by atoms with van der Waals surface area (Å²) in [7, 11) is 1.12. The summed E-state index contributed by atoms with van der Waals surface area (Å²) in [5, 5.41) is 43.0. The van der Waals surface area contributed by atoms with E-state index in [0.717, 1.165) is 7.11 Å². The molecule has 1 saturated carbocycles. The van der Waals surface area contributed by atoms with Crippen molar-refractivity contribution in [3.63, 3.8) is 0 Å². The zero-order valence-corrected chi connectivity index (χ0v) is 16.3. The molecular weight excluding hydrogens is 410 g/mol. The van der Waals surface area contributed by atoms with Gasteiger partial charge in [0.2, 0.25) is 5.78 Å². The van der Waals surface area contributed by atoms with Crippen LogP contribution < -0.4 is 5.73 Å². The van der Waals surface area contributed by atoms with Crippen LogP contribution in [0.5, 0.6) is 5.75 Å². The molecular formula is C21H19NO9. The molecule has 0 bridgehead atoms. The summed E-state index contributed by atoms with van der Waals surface area (Å²) in [6.07, 6.45) is -0.166. The number of carbonyl (C=O) groups is 4. The zero-order chi connectivity index (χ0) is 22.8. The molecule has 1 aromatic rings. The molecule has 0 saturated heterocycles. The number of nitrogens with two attached hydrogens (primary N) is 1. The van der Waals surface area contributed by atoms with Crippen LogP contribution in [0.25, 0.3) is 5.76 Å². The van der Waals surface area contributed by atoms with Crippen molar-refractivity contribution in [3.05, 3.63) is 45.7 Å². The minimum atomic E-state index is -2.62. The van der Waals surface area contributed by atoms with Crippen molar-refractivity contribution in [2.75, 3.05) is 7.11 Å². The Morgan fingerprint density at radius 1 is 1.16 bits per heavy atom. The Kier molecular flexibility index (Phi) is 4.44. The topological polar surface area (TPSA) is 184 Å². The predicted octanol–water partition coefficient (Wildman–Crippen LogP) is 0.210. The van der Waals surface area contributed by atoms with E-state index in [9.17, 15) is 39.6 Å². The molecule has 162 valence electrons. The van der Waals surface area contributed by atoms with E-state index in [1.165, 1.54) is 12.1 Å². The SMILES string of the molecule is COC(=O)c1ccc2c(c1O)C(O)=C1C(=O)C3(O)C(O)=C(C(N)=O)C(=O)CC3CC1C2. The number of Topliss-reactive ketones (excluding diaryl/α,β-unsaturated/α-hetero) is 2. The van der Waals surface area contributed by atoms with E-state index in [1.807, 2.05) is 0 Å².